The molecule has 3 atom stereocenters. The molecule has 0 aliphatic carbocycles. The van der Waals surface area contributed by atoms with Crippen molar-refractivity contribution < 1.29 is 42.7 Å². The van der Waals surface area contributed by atoms with Gasteiger partial charge < -0.3 is 25.2 Å². The fourth-order valence-electron chi connectivity index (χ4n) is 6.18. The van der Waals surface area contributed by atoms with Gasteiger partial charge in [0.15, 0.2) is 0 Å². The zero-order chi connectivity index (χ0) is 43.3. The highest BCUT2D eigenvalue weighted by atomic mass is 31.2. The Morgan fingerprint density at radius 3 is 1.49 bits per heavy atom. The lowest BCUT2D eigenvalue weighted by Gasteiger charge is -2.20. The summed E-state index contributed by atoms with van der Waals surface area (Å²) in [5, 5.41) is 8.91. The van der Waals surface area contributed by atoms with Gasteiger partial charge in [-0.25, -0.2) is 4.57 Å². The van der Waals surface area contributed by atoms with Gasteiger partial charge in [-0.3, -0.25) is 18.6 Å². The second-order valence-corrected chi connectivity index (χ2v) is 17.0. The summed E-state index contributed by atoms with van der Waals surface area (Å²) >= 11 is 0. The second kappa shape index (κ2) is 43.7. The Morgan fingerprint density at radius 1 is 0.559 bits per heavy atom. The van der Waals surface area contributed by atoms with Crippen LogP contribution >= 0.6 is 7.82 Å². The van der Waals surface area contributed by atoms with Crippen LogP contribution in [0, 0.1) is 0 Å². The van der Waals surface area contributed by atoms with Crippen LogP contribution in [0.3, 0.4) is 0 Å². The highest BCUT2D eigenvalue weighted by Crippen LogP contribution is 2.43. The lowest BCUT2D eigenvalue weighted by molar-refractivity contribution is -0.154. The Hall–Kier alpha value is -2.33. The van der Waals surface area contributed by atoms with Crippen molar-refractivity contribution in [3.8, 4) is 0 Å². The molecular formula is C48H86NO9P. The molecular weight excluding hydrogens is 765 g/mol. The van der Waals surface area contributed by atoms with E-state index in [-0.39, 0.29) is 13.0 Å². The summed E-state index contributed by atoms with van der Waals surface area (Å²) in [6, 6.07) is -1.48. The zero-order valence-corrected chi connectivity index (χ0v) is 38.2. The molecule has 0 saturated carbocycles. The Balaban J connectivity index is 4.20. The van der Waals surface area contributed by atoms with Gasteiger partial charge in [0, 0.05) is 13.0 Å². The van der Waals surface area contributed by atoms with Crippen LogP contribution in [0.25, 0.3) is 0 Å². The molecule has 0 aromatic rings. The smallest absolute Gasteiger partial charge is 0.472 e. The second-order valence-electron chi connectivity index (χ2n) is 15.5. The molecule has 0 spiro atoms. The molecule has 0 rings (SSSR count). The average Bonchev–Trinajstić information content (AvgIpc) is 3.21. The molecule has 4 N–H and O–H groups in total. The third-order valence-corrected chi connectivity index (χ3v) is 10.7. The SMILES string of the molecule is CC/C=C\C/C=C\C/C=C\C/C=C\CCCCCCCCCCCOCC(COP(=O)(O)OCC(N)C(=O)O)OC(=O)CCCCCCC/C=C\CCCCCCCC. The first kappa shape index (κ1) is 56.7. The van der Waals surface area contributed by atoms with Gasteiger partial charge in [-0.2, -0.15) is 0 Å². The predicted molar refractivity (Wildman–Crippen MR) is 244 cm³/mol. The summed E-state index contributed by atoms with van der Waals surface area (Å²) in [4.78, 5) is 33.6. The molecule has 59 heavy (non-hydrogen) atoms. The van der Waals surface area contributed by atoms with E-state index >= 15 is 0 Å². The van der Waals surface area contributed by atoms with Crippen LogP contribution < -0.4 is 5.73 Å². The molecule has 0 aromatic heterocycles. The number of unbranched alkanes of at least 4 members (excludes halogenated alkanes) is 20. The van der Waals surface area contributed by atoms with Crippen molar-refractivity contribution in [1.82, 2.24) is 0 Å². The Labute approximate surface area is 360 Å². The predicted octanol–water partition coefficient (Wildman–Crippen LogP) is 13.2. The number of carbonyl (C=O) groups excluding carboxylic acids is 1. The van der Waals surface area contributed by atoms with Crippen LogP contribution in [-0.2, 0) is 32.7 Å². The molecule has 0 bridgehead atoms. The number of carboxylic acid groups (broad SMARTS) is 1. The standard InChI is InChI=1S/C48H86NO9P/c1-3-5-7-9-11-13-15-17-19-20-21-22-23-24-25-27-29-31-33-35-37-39-41-55-42-45(43-56-59(53,54)57-44-46(49)48(51)52)58-47(50)40-38-36-34-32-30-28-26-18-16-14-12-10-8-6-4-2/h5,7,11,13,17-19,21-22,26,45-46H,3-4,6,8-10,12,14-16,20,23-25,27-44,49H2,1-2H3,(H,51,52)(H,53,54)/b7-5-,13-11-,19-17-,22-21-,26-18-. The molecule has 0 aromatic carbocycles. The number of hydrogen-bond donors (Lipinski definition) is 3. The zero-order valence-electron chi connectivity index (χ0n) is 37.3. The molecule has 0 radical (unpaired) electrons. The van der Waals surface area contributed by atoms with Crippen molar-refractivity contribution in [3.63, 3.8) is 0 Å². The van der Waals surface area contributed by atoms with Gasteiger partial charge in [0.05, 0.1) is 19.8 Å². The maximum Gasteiger partial charge on any atom is 0.472 e. The normalized spacial score (nSPS) is 14.4. The molecule has 3 unspecified atom stereocenters. The van der Waals surface area contributed by atoms with E-state index in [9.17, 15) is 19.0 Å². The quantitative estimate of drug-likeness (QED) is 0.0233. The van der Waals surface area contributed by atoms with Crippen LogP contribution in [0.2, 0.25) is 0 Å². The van der Waals surface area contributed by atoms with Gasteiger partial charge >= 0.3 is 19.8 Å². The average molecular weight is 852 g/mol. The number of carboxylic acids is 1. The number of esters is 1. The first-order chi connectivity index (χ1) is 28.7. The van der Waals surface area contributed by atoms with Crippen molar-refractivity contribution in [1.29, 1.82) is 0 Å². The monoisotopic (exact) mass is 852 g/mol. The van der Waals surface area contributed by atoms with E-state index < -0.39 is 45.1 Å². The number of hydrogen-bond acceptors (Lipinski definition) is 8. The number of phosphoric acid groups is 1. The number of aliphatic carboxylic acids is 1. The molecule has 11 heteroatoms. The Morgan fingerprint density at radius 2 is 0.983 bits per heavy atom. The number of ether oxygens (including phenoxy) is 2. The highest BCUT2D eigenvalue weighted by Gasteiger charge is 2.27. The number of nitrogens with two attached hydrogens (primary N) is 1. The van der Waals surface area contributed by atoms with Crippen molar-refractivity contribution in [3.05, 3.63) is 60.8 Å². The fraction of sp³-hybridized carbons (Fsp3) is 0.750. The van der Waals surface area contributed by atoms with Crippen molar-refractivity contribution in [2.75, 3.05) is 26.4 Å². The number of carbonyl (C=O) groups is 2. The third-order valence-electron chi connectivity index (χ3n) is 9.78. The number of allylic oxidation sites excluding steroid dienone is 10. The summed E-state index contributed by atoms with van der Waals surface area (Å²) in [7, 11) is -4.62. The van der Waals surface area contributed by atoms with Crippen molar-refractivity contribution in [2.24, 2.45) is 5.73 Å². The van der Waals surface area contributed by atoms with Crippen LogP contribution in [0.15, 0.2) is 60.8 Å². The maximum absolute atomic E-state index is 12.6. The summed E-state index contributed by atoms with van der Waals surface area (Å²) in [6.45, 7) is 3.74. The van der Waals surface area contributed by atoms with Crippen LogP contribution in [0.1, 0.15) is 194 Å². The van der Waals surface area contributed by atoms with Gasteiger partial charge in [-0.1, -0.05) is 171 Å². The molecule has 342 valence electrons. The lowest BCUT2D eigenvalue weighted by atomic mass is 10.1. The third kappa shape index (κ3) is 43.6. The summed E-state index contributed by atoms with van der Waals surface area (Å²) < 4.78 is 33.4. The summed E-state index contributed by atoms with van der Waals surface area (Å²) in [5.41, 5.74) is 5.36. The highest BCUT2D eigenvalue weighted by molar-refractivity contribution is 7.47. The van der Waals surface area contributed by atoms with Gasteiger partial charge in [0.1, 0.15) is 12.1 Å². The van der Waals surface area contributed by atoms with E-state index in [1.807, 2.05) is 0 Å². The molecule has 0 aliphatic rings. The molecule has 10 nitrogen and oxygen atoms in total. The first-order valence-electron chi connectivity index (χ1n) is 23.3. The maximum atomic E-state index is 12.6. The van der Waals surface area contributed by atoms with Gasteiger partial charge in [0.2, 0.25) is 0 Å². The molecule has 0 heterocycles. The summed E-state index contributed by atoms with van der Waals surface area (Å²) in [6.07, 6.45) is 52.7. The van der Waals surface area contributed by atoms with Crippen molar-refractivity contribution in [2.45, 2.75) is 206 Å². The van der Waals surface area contributed by atoms with E-state index in [0.29, 0.717) is 13.0 Å². The number of phosphoric ester groups is 1. The molecule has 0 amide bonds. The Bertz CT molecular complexity index is 1170. The minimum atomic E-state index is -4.62. The Kier molecular flexibility index (Phi) is 42.0. The van der Waals surface area contributed by atoms with Gasteiger partial charge in [-0.05, 0) is 77.0 Å². The molecule has 0 fully saturated rings. The van der Waals surface area contributed by atoms with Crippen LogP contribution in [0.5, 0.6) is 0 Å². The van der Waals surface area contributed by atoms with E-state index in [2.05, 4.69) is 74.6 Å². The molecule has 0 saturated heterocycles. The van der Waals surface area contributed by atoms with Crippen molar-refractivity contribution >= 4 is 19.8 Å². The fourth-order valence-corrected chi connectivity index (χ4v) is 6.96. The van der Waals surface area contributed by atoms with Crippen LogP contribution in [-0.4, -0.2) is 60.5 Å². The van der Waals surface area contributed by atoms with Crippen LogP contribution in [0.4, 0.5) is 0 Å². The minimum absolute atomic E-state index is 0.00761. The van der Waals surface area contributed by atoms with E-state index in [4.69, 9.17) is 29.4 Å². The topological polar surface area (TPSA) is 155 Å². The number of rotatable bonds is 44. The van der Waals surface area contributed by atoms with E-state index in [0.717, 1.165) is 83.5 Å². The minimum Gasteiger partial charge on any atom is -0.480 e. The van der Waals surface area contributed by atoms with E-state index in [1.165, 1.54) is 83.5 Å². The van der Waals surface area contributed by atoms with Gasteiger partial charge in [-0.15, -0.1) is 0 Å². The first-order valence-corrected chi connectivity index (χ1v) is 24.8. The summed E-state index contributed by atoms with van der Waals surface area (Å²) in [5.74, 6) is -1.79. The largest absolute Gasteiger partial charge is 0.480 e. The molecule has 0 aliphatic heterocycles. The van der Waals surface area contributed by atoms with Gasteiger partial charge in [0.25, 0.3) is 0 Å². The van der Waals surface area contributed by atoms with E-state index in [1.54, 1.807) is 0 Å². The lowest BCUT2D eigenvalue weighted by Crippen LogP contribution is -2.34.